The van der Waals surface area contributed by atoms with Crippen molar-refractivity contribution in [2.45, 2.75) is 25.8 Å². The first-order valence-electron chi connectivity index (χ1n) is 5.66. The molecule has 86 valence electrons. The van der Waals surface area contributed by atoms with Gasteiger partial charge < -0.3 is 5.11 Å². The third-order valence-electron chi connectivity index (χ3n) is 3.02. The van der Waals surface area contributed by atoms with E-state index in [4.69, 9.17) is 5.11 Å². The van der Waals surface area contributed by atoms with Crippen LogP contribution in [0.4, 0.5) is 0 Å². The zero-order chi connectivity index (χ0) is 11.5. The average molecular weight is 219 g/mol. The number of carboxylic acid groups (broad SMARTS) is 1. The number of aliphatic carboxylic acids is 1. The van der Waals surface area contributed by atoms with E-state index in [1.165, 1.54) is 36.0 Å². The van der Waals surface area contributed by atoms with Crippen molar-refractivity contribution in [3.05, 3.63) is 34.9 Å². The van der Waals surface area contributed by atoms with Gasteiger partial charge in [0.1, 0.15) is 0 Å². The highest BCUT2D eigenvalue weighted by atomic mass is 16.4. The molecule has 0 radical (unpaired) electrons. The Labute approximate surface area is 95.7 Å². The summed E-state index contributed by atoms with van der Waals surface area (Å²) in [5.41, 5.74) is 4.12. The van der Waals surface area contributed by atoms with Crippen LogP contribution in [-0.4, -0.2) is 29.6 Å². The summed E-state index contributed by atoms with van der Waals surface area (Å²) < 4.78 is 0. The topological polar surface area (TPSA) is 40.5 Å². The maximum atomic E-state index is 10.5. The van der Waals surface area contributed by atoms with Crippen LogP contribution in [0, 0.1) is 0 Å². The lowest BCUT2D eigenvalue weighted by atomic mass is 10.1. The first-order chi connectivity index (χ1) is 7.65. The Morgan fingerprint density at radius 3 is 2.88 bits per heavy atom. The van der Waals surface area contributed by atoms with Gasteiger partial charge in [-0.05, 0) is 43.0 Å². The monoisotopic (exact) mass is 219 g/mol. The number of carbonyl (C=O) groups is 1. The Balaban J connectivity index is 2.02. The standard InChI is InChI=1S/C13H17NO2/c1-14(9-13(15)16)8-10-5-6-11-3-2-4-12(11)7-10/h5-7H,2-4,8-9H2,1H3,(H,15,16). The van der Waals surface area contributed by atoms with Gasteiger partial charge in [-0.1, -0.05) is 18.2 Å². The van der Waals surface area contributed by atoms with Crippen LogP contribution in [-0.2, 0) is 24.2 Å². The molecule has 1 aliphatic carbocycles. The molecule has 0 heterocycles. The molecule has 1 aliphatic rings. The number of fused-ring (bicyclic) bond motifs is 1. The molecule has 0 aromatic heterocycles. The maximum absolute atomic E-state index is 10.5. The molecule has 0 saturated carbocycles. The van der Waals surface area contributed by atoms with Gasteiger partial charge in [-0.25, -0.2) is 0 Å². The van der Waals surface area contributed by atoms with Crippen molar-refractivity contribution in [2.75, 3.05) is 13.6 Å². The number of hydrogen-bond donors (Lipinski definition) is 1. The van der Waals surface area contributed by atoms with Crippen LogP contribution >= 0.6 is 0 Å². The van der Waals surface area contributed by atoms with Gasteiger partial charge in [0, 0.05) is 6.54 Å². The minimum Gasteiger partial charge on any atom is -0.480 e. The molecular formula is C13H17NO2. The van der Waals surface area contributed by atoms with Crippen LogP contribution in [0.1, 0.15) is 23.1 Å². The largest absolute Gasteiger partial charge is 0.480 e. The van der Waals surface area contributed by atoms with Gasteiger partial charge in [0.2, 0.25) is 0 Å². The van der Waals surface area contributed by atoms with E-state index in [-0.39, 0.29) is 6.54 Å². The summed E-state index contributed by atoms with van der Waals surface area (Å²) in [7, 11) is 1.83. The number of aryl methyl sites for hydroxylation is 2. The van der Waals surface area contributed by atoms with Crippen molar-refractivity contribution >= 4 is 5.97 Å². The molecule has 0 atom stereocenters. The van der Waals surface area contributed by atoms with Crippen LogP contribution in [0.2, 0.25) is 0 Å². The van der Waals surface area contributed by atoms with E-state index >= 15 is 0 Å². The molecular weight excluding hydrogens is 202 g/mol. The predicted octanol–water partition coefficient (Wildman–Crippen LogP) is 1.69. The molecule has 0 saturated heterocycles. The quantitative estimate of drug-likeness (QED) is 0.837. The molecule has 1 aromatic rings. The van der Waals surface area contributed by atoms with Crippen molar-refractivity contribution in [1.82, 2.24) is 4.90 Å². The number of carboxylic acids is 1. The Kier molecular flexibility index (Phi) is 3.25. The van der Waals surface area contributed by atoms with E-state index in [1.807, 2.05) is 11.9 Å². The third kappa shape index (κ3) is 2.61. The van der Waals surface area contributed by atoms with Crippen molar-refractivity contribution < 1.29 is 9.90 Å². The summed E-state index contributed by atoms with van der Waals surface area (Å²) >= 11 is 0. The predicted molar refractivity (Wildman–Crippen MR) is 62.4 cm³/mol. The average Bonchev–Trinajstić information content (AvgIpc) is 2.63. The number of hydrogen-bond acceptors (Lipinski definition) is 2. The highest BCUT2D eigenvalue weighted by Gasteiger charge is 2.12. The molecule has 0 unspecified atom stereocenters. The molecule has 1 N–H and O–H groups in total. The highest BCUT2D eigenvalue weighted by molar-refractivity contribution is 5.69. The smallest absolute Gasteiger partial charge is 0.317 e. The summed E-state index contributed by atoms with van der Waals surface area (Å²) in [5.74, 6) is -0.774. The molecule has 0 fully saturated rings. The van der Waals surface area contributed by atoms with Crippen LogP contribution in [0.3, 0.4) is 0 Å². The van der Waals surface area contributed by atoms with Gasteiger partial charge in [0.15, 0.2) is 0 Å². The molecule has 2 rings (SSSR count). The second-order valence-electron chi connectivity index (χ2n) is 4.52. The number of likely N-dealkylation sites (N-methyl/N-ethyl adjacent to an activating group) is 1. The number of nitrogens with zero attached hydrogens (tertiary/aromatic N) is 1. The molecule has 16 heavy (non-hydrogen) atoms. The third-order valence-corrected chi connectivity index (χ3v) is 3.02. The van der Waals surface area contributed by atoms with Gasteiger partial charge in [0.25, 0.3) is 0 Å². The molecule has 0 bridgehead atoms. The maximum Gasteiger partial charge on any atom is 0.317 e. The first kappa shape index (κ1) is 11.1. The molecule has 0 amide bonds. The number of benzene rings is 1. The van der Waals surface area contributed by atoms with E-state index in [0.29, 0.717) is 6.54 Å². The van der Waals surface area contributed by atoms with Crippen LogP contribution in [0.25, 0.3) is 0 Å². The van der Waals surface area contributed by atoms with E-state index in [2.05, 4.69) is 18.2 Å². The molecule has 3 nitrogen and oxygen atoms in total. The first-order valence-corrected chi connectivity index (χ1v) is 5.66. The van der Waals surface area contributed by atoms with Crippen molar-refractivity contribution in [2.24, 2.45) is 0 Å². The summed E-state index contributed by atoms with van der Waals surface area (Å²) in [6.07, 6.45) is 3.62. The normalized spacial score (nSPS) is 14.1. The SMILES string of the molecule is CN(CC(=O)O)Cc1ccc2c(c1)CCC2. The van der Waals surface area contributed by atoms with Crippen molar-refractivity contribution in [1.29, 1.82) is 0 Å². The summed E-state index contributed by atoms with van der Waals surface area (Å²) in [6, 6.07) is 6.52. The number of rotatable bonds is 4. The van der Waals surface area contributed by atoms with E-state index in [1.54, 1.807) is 0 Å². The zero-order valence-electron chi connectivity index (χ0n) is 9.57. The highest BCUT2D eigenvalue weighted by Crippen LogP contribution is 2.23. The van der Waals surface area contributed by atoms with Gasteiger partial charge in [-0.3, -0.25) is 9.69 Å². The van der Waals surface area contributed by atoms with Crippen LogP contribution in [0.15, 0.2) is 18.2 Å². The van der Waals surface area contributed by atoms with Gasteiger partial charge in [-0.15, -0.1) is 0 Å². The van der Waals surface area contributed by atoms with Gasteiger partial charge >= 0.3 is 5.97 Å². The van der Waals surface area contributed by atoms with Crippen molar-refractivity contribution in [3.63, 3.8) is 0 Å². The van der Waals surface area contributed by atoms with Crippen molar-refractivity contribution in [3.8, 4) is 0 Å². The van der Waals surface area contributed by atoms with Crippen LogP contribution in [0.5, 0.6) is 0 Å². The van der Waals surface area contributed by atoms with Gasteiger partial charge in [0.05, 0.1) is 6.54 Å². The second-order valence-corrected chi connectivity index (χ2v) is 4.52. The minimum absolute atomic E-state index is 0.0943. The minimum atomic E-state index is -0.774. The Morgan fingerprint density at radius 2 is 2.12 bits per heavy atom. The van der Waals surface area contributed by atoms with E-state index in [9.17, 15) is 4.79 Å². The summed E-state index contributed by atoms with van der Waals surface area (Å²) in [4.78, 5) is 12.4. The summed E-state index contributed by atoms with van der Waals surface area (Å²) in [5, 5.41) is 8.68. The van der Waals surface area contributed by atoms with E-state index < -0.39 is 5.97 Å². The lowest BCUT2D eigenvalue weighted by Crippen LogP contribution is -2.25. The summed E-state index contributed by atoms with van der Waals surface area (Å²) in [6.45, 7) is 0.802. The molecule has 0 spiro atoms. The lowest BCUT2D eigenvalue weighted by Gasteiger charge is -2.14. The molecule has 1 aromatic carbocycles. The Bertz CT molecular complexity index is 401. The van der Waals surface area contributed by atoms with Crippen LogP contribution < -0.4 is 0 Å². The fourth-order valence-corrected chi connectivity index (χ4v) is 2.32. The fourth-order valence-electron chi connectivity index (χ4n) is 2.32. The lowest BCUT2D eigenvalue weighted by molar-refractivity contribution is -0.138. The zero-order valence-corrected chi connectivity index (χ0v) is 9.57. The van der Waals surface area contributed by atoms with Gasteiger partial charge in [-0.2, -0.15) is 0 Å². The fraction of sp³-hybridized carbons (Fsp3) is 0.462. The molecule has 0 aliphatic heterocycles. The van der Waals surface area contributed by atoms with E-state index in [0.717, 1.165) is 0 Å². The Morgan fingerprint density at radius 1 is 1.38 bits per heavy atom. The second kappa shape index (κ2) is 4.66. The molecule has 3 heteroatoms. The Hall–Kier alpha value is -1.35.